The van der Waals surface area contributed by atoms with Gasteiger partial charge in [0.25, 0.3) is 0 Å². The zero-order chi connectivity index (χ0) is 18.6. The van der Waals surface area contributed by atoms with Crippen LogP contribution in [-0.4, -0.2) is 41.9 Å². The molecule has 0 saturated heterocycles. The molecular weight excluding hydrogens is 348 g/mol. The summed E-state index contributed by atoms with van der Waals surface area (Å²) >= 11 is 6.22. The molecule has 1 aromatic rings. The summed E-state index contributed by atoms with van der Waals surface area (Å²) in [6.07, 6.45) is 0. The summed E-state index contributed by atoms with van der Waals surface area (Å²) in [7, 11) is 0. The van der Waals surface area contributed by atoms with E-state index in [-0.39, 0.29) is 30.1 Å². The summed E-state index contributed by atoms with van der Waals surface area (Å²) in [5, 5.41) is 22.5. The van der Waals surface area contributed by atoms with Gasteiger partial charge in [-0.3, -0.25) is 0 Å². The van der Waals surface area contributed by atoms with E-state index in [4.69, 9.17) is 22.1 Å². The van der Waals surface area contributed by atoms with Crippen LogP contribution in [0.5, 0.6) is 0 Å². The minimum atomic E-state index is -1.24. The minimum Gasteiger partial charge on any atom is -0.478 e. The zero-order valence-corrected chi connectivity index (χ0v) is 14.3. The molecule has 25 heavy (non-hydrogen) atoms. The molecule has 1 aromatic carbocycles. The summed E-state index contributed by atoms with van der Waals surface area (Å²) in [5.74, 6) is -3.47. The van der Waals surface area contributed by atoms with Gasteiger partial charge in [-0.05, 0) is 18.6 Å². The molecule has 0 spiro atoms. The lowest BCUT2D eigenvalue weighted by atomic mass is 9.80. The first kappa shape index (κ1) is 19.0. The van der Waals surface area contributed by atoms with Crippen LogP contribution in [0.2, 0.25) is 5.02 Å². The average Bonchev–Trinajstić information content (AvgIpc) is 2.54. The Labute approximate surface area is 149 Å². The van der Waals surface area contributed by atoms with Crippen LogP contribution in [0, 0.1) is 0 Å². The van der Waals surface area contributed by atoms with Crippen LogP contribution in [0.15, 0.2) is 46.8 Å². The van der Waals surface area contributed by atoms with Crippen molar-refractivity contribution in [3.63, 3.8) is 0 Å². The van der Waals surface area contributed by atoms with Crippen molar-refractivity contribution in [2.75, 3.05) is 19.8 Å². The number of nitrogens with one attached hydrogen (secondary N) is 1. The van der Waals surface area contributed by atoms with Crippen LogP contribution < -0.4 is 11.1 Å². The first-order chi connectivity index (χ1) is 11.9. The van der Waals surface area contributed by atoms with Crippen LogP contribution in [0.1, 0.15) is 18.4 Å². The van der Waals surface area contributed by atoms with E-state index >= 15 is 0 Å². The molecule has 0 amide bonds. The molecule has 0 aliphatic carbocycles. The second-order valence-corrected chi connectivity index (χ2v) is 5.87. The maximum atomic E-state index is 11.9. The van der Waals surface area contributed by atoms with Gasteiger partial charge in [0.05, 0.1) is 36.0 Å². The lowest BCUT2D eigenvalue weighted by molar-refractivity contribution is -0.133. The molecule has 0 aromatic heterocycles. The molecule has 0 fully saturated rings. The SMILES string of the molecule is CC1=C(C(=O)O)[C@H](c2ccccc2Cl)C(C(=O)O)=C(COCCN)N1. The van der Waals surface area contributed by atoms with E-state index in [1.807, 2.05) is 0 Å². The van der Waals surface area contributed by atoms with Crippen molar-refractivity contribution in [2.45, 2.75) is 12.8 Å². The Balaban J connectivity index is 2.63. The number of nitrogens with two attached hydrogens (primary N) is 1. The summed E-state index contributed by atoms with van der Waals surface area (Å²) in [4.78, 5) is 23.7. The highest BCUT2D eigenvalue weighted by atomic mass is 35.5. The number of carbonyl (C=O) groups is 2. The Morgan fingerprint density at radius 2 is 1.88 bits per heavy atom. The lowest BCUT2D eigenvalue weighted by Crippen LogP contribution is -2.34. The number of hydrogen-bond donors (Lipinski definition) is 4. The van der Waals surface area contributed by atoms with E-state index in [1.165, 1.54) is 0 Å². The Bertz CT molecular complexity index is 757. The van der Waals surface area contributed by atoms with E-state index in [1.54, 1.807) is 31.2 Å². The highest BCUT2D eigenvalue weighted by molar-refractivity contribution is 6.31. The van der Waals surface area contributed by atoms with Crippen LogP contribution in [-0.2, 0) is 14.3 Å². The largest absolute Gasteiger partial charge is 0.478 e. The molecule has 0 radical (unpaired) electrons. The number of dihydropyridines is 1. The van der Waals surface area contributed by atoms with Gasteiger partial charge in [-0.2, -0.15) is 0 Å². The number of halogens is 1. The Kier molecular flexibility index (Phi) is 6.19. The Morgan fingerprint density at radius 1 is 1.24 bits per heavy atom. The van der Waals surface area contributed by atoms with Crippen molar-refractivity contribution in [1.29, 1.82) is 0 Å². The van der Waals surface area contributed by atoms with Gasteiger partial charge in [0.2, 0.25) is 0 Å². The monoisotopic (exact) mass is 366 g/mol. The van der Waals surface area contributed by atoms with Gasteiger partial charge in [0, 0.05) is 17.3 Å². The van der Waals surface area contributed by atoms with Crippen LogP contribution >= 0.6 is 11.6 Å². The van der Waals surface area contributed by atoms with Crippen molar-refractivity contribution in [2.24, 2.45) is 5.73 Å². The number of carboxylic acids is 2. The van der Waals surface area contributed by atoms with Gasteiger partial charge in [-0.1, -0.05) is 29.8 Å². The van der Waals surface area contributed by atoms with Gasteiger partial charge >= 0.3 is 11.9 Å². The third-order valence-electron chi connectivity index (χ3n) is 3.83. The summed E-state index contributed by atoms with van der Waals surface area (Å²) in [5.41, 5.74) is 6.26. The third kappa shape index (κ3) is 4.01. The molecule has 8 heteroatoms. The molecule has 1 heterocycles. The van der Waals surface area contributed by atoms with Crippen LogP contribution in [0.4, 0.5) is 0 Å². The highest BCUT2D eigenvalue weighted by Crippen LogP contribution is 2.40. The third-order valence-corrected chi connectivity index (χ3v) is 4.17. The predicted molar refractivity (Wildman–Crippen MR) is 92.2 cm³/mol. The van der Waals surface area contributed by atoms with E-state index in [9.17, 15) is 19.8 Å². The van der Waals surface area contributed by atoms with E-state index in [0.717, 1.165) is 0 Å². The Morgan fingerprint density at radius 3 is 2.44 bits per heavy atom. The number of aliphatic carboxylic acids is 2. The van der Waals surface area contributed by atoms with Gasteiger partial charge in [0.1, 0.15) is 0 Å². The maximum absolute atomic E-state index is 11.9. The summed E-state index contributed by atoms with van der Waals surface area (Å²) < 4.78 is 5.35. The zero-order valence-electron chi connectivity index (χ0n) is 13.6. The van der Waals surface area contributed by atoms with Gasteiger partial charge in [0.15, 0.2) is 0 Å². The van der Waals surface area contributed by atoms with Gasteiger partial charge < -0.3 is 26.0 Å². The normalized spacial score (nSPS) is 17.5. The molecule has 1 aliphatic rings. The number of allylic oxidation sites excluding steroid dienone is 1. The van der Waals surface area contributed by atoms with Gasteiger partial charge in [-0.15, -0.1) is 0 Å². The smallest absolute Gasteiger partial charge is 0.334 e. The minimum absolute atomic E-state index is 0.0238. The van der Waals surface area contributed by atoms with Crippen molar-refractivity contribution >= 4 is 23.5 Å². The standard InChI is InChI=1S/C17H19ClN2O5/c1-9-13(16(21)22)14(10-4-2-3-5-11(10)18)15(17(23)24)12(20-9)8-25-7-6-19/h2-5,14,20H,6-8,19H2,1H3,(H,21,22)(H,23,24)/t14-/m0/s1. The first-order valence-electron chi connectivity index (χ1n) is 7.58. The molecular formula is C17H19ClN2O5. The van der Waals surface area contributed by atoms with E-state index in [0.29, 0.717) is 22.8 Å². The highest BCUT2D eigenvalue weighted by Gasteiger charge is 2.38. The number of rotatable bonds is 7. The topological polar surface area (TPSA) is 122 Å². The predicted octanol–water partition coefficient (Wildman–Crippen LogP) is 1.70. The number of carboxylic acid groups (broad SMARTS) is 2. The molecule has 5 N–H and O–H groups in total. The Hall–Kier alpha value is -2.35. The number of benzene rings is 1. The van der Waals surface area contributed by atoms with Crippen molar-refractivity contribution in [3.8, 4) is 0 Å². The molecule has 1 aliphatic heterocycles. The number of ether oxygens (including phenoxy) is 1. The fourth-order valence-electron chi connectivity index (χ4n) is 2.82. The first-order valence-corrected chi connectivity index (χ1v) is 7.95. The van der Waals surface area contributed by atoms with Crippen molar-refractivity contribution < 1.29 is 24.5 Å². The molecule has 0 saturated carbocycles. The fourth-order valence-corrected chi connectivity index (χ4v) is 3.07. The van der Waals surface area contributed by atoms with Crippen LogP contribution in [0.3, 0.4) is 0 Å². The van der Waals surface area contributed by atoms with Crippen LogP contribution in [0.25, 0.3) is 0 Å². The molecule has 0 bridgehead atoms. The van der Waals surface area contributed by atoms with E-state index in [2.05, 4.69) is 5.32 Å². The van der Waals surface area contributed by atoms with E-state index < -0.39 is 17.9 Å². The van der Waals surface area contributed by atoms with Crippen molar-refractivity contribution in [1.82, 2.24) is 5.32 Å². The molecule has 0 unspecified atom stereocenters. The second-order valence-electron chi connectivity index (χ2n) is 5.46. The fraction of sp³-hybridized carbons (Fsp3) is 0.294. The molecule has 1 atom stereocenters. The quantitative estimate of drug-likeness (QED) is 0.542. The second kappa shape index (κ2) is 8.15. The molecule has 134 valence electrons. The number of hydrogen-bond acceptors (Lipinski definition) is 5. The summed E-state index contributed by atoms with van der Waals surface area (Å²) in [6, 6.07) is 6.59. The molecule has 2 rings (SSSR count). The summed E-state index contributed by atoms with van der Waals surface area (Å²) in [6.45, 7) is 2.10. The molecule has 7 nitrogen and oxygen atoms in total. The lowest BCUT2D eigenvalue weighted by Gasteiger charge is -2.30. The van der Waals surface area contributed by atoms with Crippen molar-refractivity contribution in [3.05, 3.63) is 57.4 Å². The average molecular weight is 367 g/mol. The maximum Gasteiger partial charge on any atom is 0.334 e. The van der Waals surface area contributed by atoms with Gasteiger partial charge in [-0.25, -0.2) is 9.59 Å².